The van der Waals surface area contributed by atoms with Gasteiger partial charge in [-0.05, 0) is 50.3 Å². The Labute approximate surface area is 156 Å². The van der Waals surface area contributed by atoms with Crippen LogP contribution in [0, 0.1) is 12.7 Å². The fourth-order valence-electron chi connectivity index (χ4n) is 2.90. The number of hydrogen-bond donors (Lipinski definition) is 2. The van der Waals surface area contributed by atoms with Gasteiger partial charge in [0.15, 0.2) is 0 Å². The third-order valence-corrected chi connectivity index (χ3v) is 4.42. The van der Waals surface area contributed by atoms with Gasteiger partial charge in [0.2, 0.25) is 5.95 Å². The number of anilines is 2. The van der Waals surface area contributed by atoms with Gasteiger partial charge < -0.3 is 16.0 Å². The highest BCUT2D eigenvalue weighted by atomic mass is 19.1. The van der Waals surface area contributed by atoms with Crippen LogP contribution in [0.2, 0.25) is 0 Å². The Hall–Kier alpha value is -3.00. The van der Waals surface area contributed by atoms with Crippen molar-refractivity contribution < 1.29 is 4.39 Å². The normalized spacial score (nSPS) is 11.3. The van der Waals surface area contributed by atoms with E-state index in [2.05, 4.69) is 15.3 Å². The molecule has 2 aromatic heterocycles. The number of aryl methyl sites for hydroxylation is 2. The zero-order valence-electron chi connectivity index (χ0n) is 15.9. The highest BCUT2D eigenvalue weighted by Gasteiger charge is 2.14. The number of hydrogen-bond acceptors (Lipinski definition) is 6. The molecular formula is C19H23FN6O. The molecule has 0 amide bonds. The predicted octanol–water partition coefficient (Wildman–Crippen LogP) is 2.00. The van der Waals surface area contributed by atoms with Crippen molar-refractivity contribution in [2.75, 3.05) is 38.2 Å². The van der Waals surface area contributed by atoms with Gasteiger partial charge in [0.25, 0.3) is 5.56 Å². The number of nitrogens with two attached hydrogens (primary N) is 1. The van der Waals surface area contributed by atoms with Crippen LogP contribution < -0.4 is 16.6 Å². The second kappa shape index (κ2) is 7.32. The van der Waals surface area contributed by atoms with Crippen LogP contribution in [-0.4, -0.2) is 46.6 Å². The highest BCUT2D eigenvalue weighted by Crippen LogP contribution is 2.27. The molecule has 7 nitrogen and oxygen atoms in total. The maximum atomic E-state index is 13.7. The van der Waals surface area contributed by atoms with Gasteiger partial charge in [-0.25, -0.2) is 9.37 Å². The molecule has 0 spiro atoms. The lowest BCUT2D eigenvalue weighted by molar-refractivity contribution is 0.425. The molecule has 0 aliphatic carbocycles. The molecule has 142 valence electrons. The van der Waals surface area contributed by atoms with Crippen LogP contribution >= 0.6 is 0 Å². The van der Waals surface area contributed by atoms with Crippen molar-refractivity contribution in [2.24, 2.45) is 7.05 Å². The van der Waals surface area contributed by atoms with Gasteiger partial charge in [-0.15, -0.1) is 0 Å². The molecule has 0 saturated carbocycles. The van der Waals surface area contributed by atoms with E-state index in [1.807, 2.05) is 19.0 Å². The SMILES string of the molecule is Cc1cc(F)c(N)cc1-c1cc2cnc(NCCN(C)C)nc2n(C)c1=O. The van der Waals surface area contributed by atoms with Crippen LogP contribution in [-0.2, 0) is 7.05 Å². The minimum absolute atomic E-state index is 0.00874. The average molecular weight is 370 g/mol. The Morgan fingerprint density at radius 1 is 1.26 bits per heavy atom. The Kier molecular flexibility index (Phi) is 5.09. The summed E-state index contributed by atoms with van der Waals surface area (Å²) in [5, 5.41) is 3.86. The van der Waals surface area contributed by atoms with E-state index in [1.54, 1.807) is 26.2 Å². The van der Waals surface area contributed by atoms with Gasteiger partial charge in [0, 0.05) is 37.3 Å². The van der Waals surface area contributed by atoms with E-state index >= 15 is 0 Å². The fraction of sp³-hybridized carbons (Fsp3) is 0.316. The zero-order valence-corrected chi connectivity index (χ0v) is 15.9. The van der Waals surface area contributed by atoms with Gasteiger partial charge in [0.1, 0.15) is 11.5 Å². The standard InChI is InChI=1S/C19H23FN6O/c1-11-7-15(20)16(21)9-13(11)14-8-12-10-23-19(22-5-6-25(2)3)24-17(12)26(4)18(14)27/h7-10H,5-6,21H2,1-4H3,(H,22,23,24). The van der Waals surface area contributed by atoms with Crippen LogP contribution in [0.3, 0.4) is 0 Å². The average Bonchev–Trinajstić information content (AvgIpc) is 2.61. The van der Waals surface area contributed by atoms with Crippen molar-refractivity contribution in [3.05, 3.63) is 46.1 Å². The number of aromatic nitrogens is 3. The Morgan fingerprint density at radius 2 is 2.00 bits per heavy atom. The van der Waals surface area contributed by atoms with E-state index in [4.69, 9.17) is 5.73 Å². The first-order valence-corrected chi connectivity index (χ1v) is 8.59. The van der Waals surface area contributed by atoms with Crippen molar-refractivity contribution in [1.29, 1.82) is 0 Å². The van der Waals surface area contributed by atoms with Crippen LogP contribution in [0.25, 0.3) is 22.2 Å². The number of nitrogen functional groups attached to an aromatic ring is 1. The van der Waals surface area contributed by atoms with Crippen molar-refractivity contribution in [2.45, 2.75) is 6.92 Å². The maximum Gasteiger partial charge on any atom is 0.259 e. The monoisotopic (exact) mass is 370 g/mol. The molecule has 0 unspecified atom stereocenters. The largest absolute Gasteiger partial charge is 0.396 e. The second-order valence-electron chi connectivity index (χ2n) is 6.81. The molecular weight excluding hydrogens is 347 g/mol. The van der Waals surface area contributed by atoms with Gasteiger partial charge in [-0.2, -0.15) is 4.98 Å². The zero-order chi connectivity index (χ0) is 19.7. The summed E-state index contributed by atoms with van der Waals surface area (Å²) in [6.45, 7) is 3.28. The number of benzene rings is 1. The molecule has 0 aliphatic rings. The van der Waals surface area contributed by atoms with Crippen molar-refractivity contribution in [3.8, 4) is 11.1 Å². The summed E-state index contributed by atoms with van der Waals surface area (Å²) in [5.74, 6) is -0.0278. The number of nitrogens with one attached hydrogen (secondary N) is 1. The summed E-state index contributed by atoms with van der Waals surface area (Å²) in [6, 6.07) is 4.55. The highest BCUT2D eigenvalue weighted by molar-refractivity contribution is 5.83. The molecule has 3 rings (SSSR count). The molecule has 0 saturated heterocycles. The Morgan fingerprint density at radius 3 is 2.70 bits per heavy atom. The second-order valence-corrected chi connectivity index (χ2v) is 6.81. The molecule has 3 aromatic rings. The van der Waals surface area contributed by atoms with Gasteiger partial charge in [-0.1, -0.05) is 0 Å². The van der Waals surface area contributed by atoms with E-state index in [0.717, 1.165) is 6.54 Å². The number of rotatable bonds is 5. The molecule has 0 radical (unpaired) electrons. The molecule has 1 aromatic carbocycles. The Bertz CT molecular complexity index is 1060. The van der Waals surface area contributed by atoms with Crippen molar-refractivity contribution in [1.82, 2.24) is 19.4 Å². The minimum atomic E-state index is -0.495. The van der Waals surface area contributed by atoms with Crippen LogP contribution in [0.5, 0.6) is 0 Å². The number of nitrogens with zero attached hydrogens (tertiary/aromatic N) is 4. The van der Waals surface area contributed by atoms with Crippen molar-refractivity contribution >= 4 is 22.7 Å². The fourth-order valence-corrected chi connectivity index (χ4v) is 2.90. The van der Waals surface area contributed by atoms with Crippen LogP contribution in [0.1, 0.15) is 5.56 Å². The summed E-state index contributed by atoms with van der Waals surface area (Å²) < 4.78 is 15.1. The number of fused-ring (bicyclic) bond motifs is 1. The maximum absolute atomic E-state index is 13.7. The molecule has 2 heterocycles. The Balaban J connectivity index is 2.07. The predicted molar refractivity (Wildman–Crippen MR) is 106 cm³/mol. The van der Waals surface area contributed by atoms with E-state index < -0.39 is 5.82 Å². The number of likely N-dealkylation sites (N-methyl/N-ethyl adjacent to an activating group) is 1. The molecule has 0 aliphatic heterocycles. The third-order valence-electron chi connectivity index (χ3n) is 4.42. The smallest absolute Gasteiger partial charge is 0.259 e. The molecule has 8 heteroatoms. The van der Waals surface area contributed by atoms with Gasteiger partial charge in [-0.3, -0.25) is 9.36 Å². The first kappa shape index (κ1) is 18.8. The number of pyridine rings is 1. The first-order valence-electron chi connectivity index (χ1n) is 8.59. The summed E-state index contributed by atoms with van der Waals surface area (Å²) in [6.07, 6.45) is 1.67. The van der Waals surface area contributed by atoms with E-state index in [-0.39, 0.29) is 11.2 Å². The lowest BCUT2D eigenvalue weighted by Gasteiger charge is -2.13. The lowest BCUT2D eigenvalue weighted by atomic mass is 10.00. The summed E-state index contributed by atoms with van der Waals surface area (Å²) in [7, 11) is 5.63. The summed E-state index contributed by atoms with van der Waals surface area (Å²) >= 11 is 0. The van der Waals surface area contributed by atoms with E-state index in [1.165, 1.54) is 16.7 Å². The third kappa shape index (κ3) is 3.75. The van der Waals surface area contributed by atoms with Gasteiger partial charge >= 0.3 is 0 Å². The van der Waals surface area contributed by atoms with Crippen LogP contribution in [0.15, 0.2) is 29.2 Å². The molecule has 0 bridgehead atoms. The number of halogens is 1. The quantitative estimate of drug-likeness (QED) is 0.668. The van der Waals surface area contributed by atoms with Crippen LogP contribution in [0.4, 0.5) is 16.0 Å². The molecule has 3 N–H and O–H groups in total. The van der Waals surface area contributed by atoms with Gasteiger partial charge in [0.05, 0.1) is 5.69 Å². The summed E-state index contributed by atoms with van der Waals surface area (Å²) in [5.41, 5.74) is 7.68. The molecule has 0 fully saturated rings. The molecule has 27 heavy (non-hydrogen) atoms. The lowest BCUT2D eigenvalue weighted by Crippen LogP contribution is -2.23. The van der Waals surface area contributed by atoms with E-state index in [9.17, 15) is 9.18 Å². The summed E-state index contributed by atoms with van der Waals surface area (Å²) in [4.78, 5) is 23.7. The van der Waals surface area contributed by atoms with E-state index in [0.29, 0.717) is 40.2 Å². The minimum Gasteiger partial charge on any atom is -0.396 e. The van der Waals surface area contributed by atoms with Crippen molar-refractivity contribution in [3.63, 3.8) is 0 Å². The topological polar surface area (TPSA) is 89.1 Å². The molecule has 0 atom stereocenters. The first-order chi connectivity index (χ1) is 12.8.